The number of hydrogen-bond acceptors (Lipinski definition) is 4. The van der Waals surface area contributed by atoms with Gasteiger partial charge < -0.3 is 10.5 Å². The van der Waals surface area contributed by atoms with Crippen LogP contribution in [0.25, 0.3) is 0 Å². The minimum atomic E-state index is 0.204. The second kappa shape index (κ2) is 8.19. The van der Waals surface area contributed by atoms with Crippen molar-refractivity contribution in [2.24, 2.45) is 5.73 Å². The number of ether oxygens (including phenoxy) is 1. The van der Waals surface area contributed by atoms with E-state index in [4.69, 9.17) is 10.5 Å². The Morgan fingerprint density at radius 2 is 2.22 bits per heavy atom. The fourth-order valence-electron chi connectivity index (χ4n) is 2.01. The summed E-state index contributed by atoms with van der Waals surface area (Å²) in [5.74, 6) is 0. The summed E-state index contributed by atoms with van der Waals surface area (Å²) in [5.41, 5.74) is 8.24. The molecule has 0 amide bonds. The molecule has 1 heterocycles. The van der Waals surface area contributed by atoms with Crippen molar-refractivity contribution in [2.75, 3.05) is 27.3 Å². The SMILES string of the molecule is COCCCC(N)CN(C)Cc1cccc(C)n1. The molecule has 1 aromatic heterocycles. The van der Waals surface area contributed by atoms with Crippen LogP contribution in [0.15, 0.2) is 18.2 Å². The Balaban J connectivity index is 2.30. The molecule has 0 saturated heterocycles. The number of nitrogens with zero attached hydrogens (tertiary/aromatic N) is 2. The number of aromatic nitrogens is 1. The molecule has 0 aliphatic carbocycles. The smallest absolute Gasteiger partial charge is 0.0547 e. The second-order valence-corrected chi connectivity index (χ2v) is 4.86. The van der Waals surface area contributed by atoms with Crippen molar-refractivity contribution in [2.45, 2.75) is 32.4 Å². The summed E-state index contributed by atoms with van der Waals surface area (Å²) < 4.78 is 5.03. The lowest BCUT2D eigenvalue weighted by atomic mass is 10.1. The third-order valence-corrected chi connectivity index (χ3v) is 2.85. The van der Waals surface area contributed by atoms with Crippen LogP contribution in [0, 0.1) is 6.92 Å². The van der Waals surface area contributed by atoms with Crippen molar-refractivity contribution in [1.29, 1.82) is 0 Å². The summed E-state index contributed by atoms with van der Waals surface area (Å²) in [6.07, 6.45) is 2.02. The summed E-state index contributed by atoms with van der Waals surface area (Å²) in [5, 5.41) is 0. The van der Waals surface area contributed by atoms with Crippen molar-refractivity contribution >= 4 is 0 Å². The molecule has 1 unspecified atom stereocenters. The van der Waals surface area contributed by atoms with Gasteiger partial charge >= 0.3 is 0 Å². The largest absolute Gasteiger partial charge is 0.385 e. The van der Waals surface area contributed by atoms with Gasteiger partial charge in [-0.15, -0.1) is 0 Å². The maximum atomic E-state index is 6.08. The summed E-state index contributed by atoms with van der Waals surface area (Å²) in [6.45, 7) is 4.54. The third-order valence-electron chi connectivity index (χ3n) is 2.85. The molecule has 2 N–H and O–H groups in total. The molecule has 4 nitrogen and oxygen atoms in total. The number of hydrogen-bond donors (Lipinski definition) is 1. The van der Waals surface area contributed by atoms with E-state index in [1.54, 1.807) is 7.11 Å². The lowest BCUT2D eigenvalue weighted by molar-refractivity contribution is 0.187. The van der Waals surface area contributed by atoms with Gasteiger partial charge in [0.05, 0.1) is 5.69 Å². The molecule has 0 saturated carbocycles. The molecule has 4 heteroatoms. The van der Waals surface area contributed by atoms with Gasteiger partial charge in [0.25, 0.3) is 0 Å². The van der Waals surface area contributed by atoms with Gasteiger partial charge in [-0.2, -0.15) is 0 Å². The molecule has 0 spiro atoms. The highest BCUT2D eigenvalue weighted by Crippen LogP contribution is 2.03. The molecule has 0 fully saturated rings. The summed E-state index contributed by atoms with van der Waals surface area (Å²) in [7, 11) is 3.81. The molecule has 0 aliphatic heterocycles. The first-order chi connectivity index (χ1) is 8.61. The van der Waals surface area contributed by atoms with Crippen LogP contribution in [0.5, 0.6) is 0 Å². The van der Waals surface area contributed by atoms with E-state index in [2.05, 4.69) is 23.0 Å². The predicted octanol–water partition coefficient (Wildman–Crippen LogP) is 1.58. The predicted molar refractivity (Wildman–Crippen MR) is 74.4 cm³/mol. The maximum absolute atomic E-state index is 6.08. The molecule has 1 atom stereocenters. The Labute approximate surface area is 110 Å². The van der Waals surface area contributed by atoms with Gasteiger partial charge in [-0.1, -0.05) is 6.07 Å². The molecule has 102 valence electrons. The first-order valence-corrected chi connectivity index (χ1v) is 6.47. The average molecular weight is 251 g/mol. The van der Waals surface area contributed by atoms with Crippen molar-refractivity contribution in [1.82, 2.24) is 9.88 Å². The van der Waals surface area contributed by atoms with Crippen molar-refractivity contribution < 1.29 is 4.74 Å². The molecule has 18 heavy (non-hydrogen) atoms. The van der Waals surface area contributed by atoms with E-state index in [0.29, 0.717) is 0 Å². The van der Waals surface area contributed by atoms with Crippen LogP contribution >= 0.6 is 0 Å². The van der Waals surface area contributed by atoms with Gasteiger partial charge in [0.15, 0.2) is 0 Å². The minimum absolute atomic E-state index is 0.204. The number of likely N-dealkylation sites (N-methyl/N-ethyl adjacent to an activating group) is 1. The highest BCUT2D eigenvalue weighted by molar-refractivity contribution is 5.09. The normalized spacial score (nSPS) is 12.9. The van der Waals surface area contributed by atoms with Crippen LogP contribution in [-0.4, -0.2) is 43.2 Å². The van der Waals surface area contributed by atoms with E-state index in [9.17, 15) is 0 Å². The molecule has 1 aromatic rings. The number of pyridine rings is 1. The zero-order valence-corrected chi connectivity index (χ0v) is 11.7. The molecular weight excluding hydrogens is 226 g/mol. The topological polar surface area (TPSA) is 51.4 Å². The number of nitrogens with two attached hydrogens (primary N) is 1. The van der Waals surface area contributed by atoms with Gasteiger partial charge in [-0.05, 0) is 38.9 Å². The fourth-order valence-corrected chi connectivity index (χ4v) is 2.01. The van der Waals surface area contributed by atoms with Crippen LogP contribution in [0.1, 0.15) is 24.2 Å². The van der Waals surface area contributed by atoms with Gasteiger partial charge in [0, 0.05) is 38.5 Å². The zero-order chi connectivity index (χ0) is 13.4. The van der Waals surface area contributed by atoms with Crippen molar-refractivity contribution in [3.63, 3.8) is 0 Å². The summed E-state index contributed by atoms with van der Waals surface area (Å²) in [4.78, 5) is 6.71. The number of methoxy groups -OCH3 is 1. The Hall–Kier alpha value is -0.970. The Morgan fingerprint density at radius 1 is 1.44 bits per heavy atom. The monoisotopic (exact) mass is 251 g/mol. The fraction of sp³-hybridized carbons (Fsp3) is 0.643. The van der Waals surface area contributed by atoms with Gasteiger partial charge in [-0.25, -0.2) is 0 Å². The first kappa shape index (κ1) is 15.1. The Kier molecular flexibility index (Phi) is 6.86. The standard InChI is InChI=1S/C14H25N3O/c1-12-6-4-8-14(16-12)11-17(2)10-13(15)7-5-9-18-3/h4,6,8,13H,5,7,9-11,15H2,1-3H3. The second-order valence-electron chi connectivity index (χ2n) is 4.86. The van der Waals surface area contributed by atoms with Gasteiger partial charge in [-0.3, -0.25) is 9.88 Å². The summed E-state index contributed by atoms with van der Waals surface area (Å²) in [6, 6.07) is 6.32. The van der Waals surface area contributed by atoms with E-state index in [-0.39, 0.29) is 6.04 Å². The Morgan fingerprint density at radius 3 is 2.89 bits per heavy atom. The van der Waals surface area contributed by atoms with Gasteiger partial charge in [0.2, 0.25) is 0 Å². The average Bonchev–Trinajstić information content (AvgIpc) is 2.29. The van der Waals surface area contributed by atoms with E-state index in [1.165, 1.54) is 0 Å². The maximum Gasteiger partial charge on any atom is 0.0547 e. The van der Waals surface area contributed by atoms with Gasteiger partial charge in [0.1, 0.15) is 0 Å². The molecule has 1 rings (SSSR count). The van der Waals surface area contributed by atoms with Crippen LogP contribution in [0.3, 0.4) is 0 Å². The summed E-state index contributed by atoms with van der Waals surface area (Å²) >= 11 is 0. The number of aryl methyl sites for hydroxylation is 1. The molecular formula is C14H25N3O. The van der Waals surface area contributed by atoms with Crippen molar-refractivity contribution in [3.05, 3.63) is 29.6 Å². The zero-order valence-electron chi connectivity index (χ0n) is 11.7. The molecule has 0 aromatic carbocycles. The first-order valence-electron chi connectivity index (χ1n) is 6.47. The molecule has 0 radical (unpaired) electrons. The molecule has 0 aliphatic rings. The highest BCUT2D eigenvalue weighted by atomic mass is 16.5. The minimum Gasteiger partial charge on any atom is -0.385 e. The van der Waals surface area contributed by atoms with E-state index < -0.39 is 0 Å². The van der Waals surface area contributed by atoms with Crippen LogP contribution in [0.4, 0.5) is 0 Å². The van der Waals surface area contributed by atoms with Crippen molar-refractivity contribution in [3.8, 4) is 0 Å². The van der Waals surface area contributed by atoms with Crippen LogP contribution in [-0.2, 0) is 11.3 Å². The number of rotatable bonds is 8. The molecule has 0 bridgehead atoms. The lowest BCUT2D eigenvalue weighted by Crippen LogP contribution is -2.35. The van der Waals surface area contributed by atoms with Crippen LogP contribution < -0.4 is 5.73 Å². The van der Waals surface area contributed by atoms with E-state index in [0.717, 1.165) is 43.9 Å². The van der Waals surface area contributed by atoms with E-state index >= 15 is 0 Å². The lowest BCUT2D eigenvalue weighted by Gasteiger charge is -2.21. The third kappa shape index (κ3) is 6.10. The van der Waals surface area contributed by atoms with E-state index in [1.807, 2.05) is 19.1 Å². The highest BCUT2D eigenvalue weighted by Gasteiger charge is 2.07. The Bertz CT molecular complexity index is 344. The van der Waals surface area contributed by atoms with Crippen LogP contribution in [0.2, 0.25) is 0 Å². The quantitative estimate of drug-likeness (QED) is 0.713.